The van der Waals surface area contributed by atoms with Crippen LogP contribution in [-0.2, 0) is 0 Å². The van der Waals surface area contributed by atoms with E-state index in [2.05, 4.69) is 15.0 Å². The molecule has 5 nitrogen and oxygen atoms in total. The van der Waals surface area contributed by atoms with Crippen LogP contribution in [0.15, 0.2) is 48.8 Å². The number of ether oxygens (including phenoxy) is 1. The number of pyridine rings is 1. The zero-order valence-electron chi connectivity index (χ0n) is 9.45. The lowest BCUT2D eigenvalue weighted by atomic mass is 10.2. The van der Waals surface area contributed by atoms with E-state index < -0.39 is 0 Å². The molecule has 0 aliphatic rings. The van der Waals surface area contributed by atoms with Gasteiger partial charge >= 0.3 is 6.01 Å². The molecule has 88 valence electrons. The molecule has 3 aromatic rings. The summed E-state index contributed by atoms with van der Waals surface area (Å²) >= 11 is 0. The fourth-order valence-corrected chi connectivity index (χ4v) is 1.66. The molecule has 0 unspecified atom stereocenters. The maximum Gasteiger partial charge on any atom is 0.323 e. The standard InChI is InChI=1S/C13H10N4O/c14-11-6-8-16-13(17-11)18-10-5-1-3-9-4-2-7-15-12(9)10/h1-8H,(H2,14,16,17). The second kappa shape index (κ2) is 4.29. The number of nitrogen functional groups attached to an aromatic ring is 1. The first-order valence-corrected chi connectivity index (χ1v) is 5.43. The largest absolute Gasteiger partial charge is 0.422 e. The third-order valence-electron chi connectivity index (χ3n) is 2.45. The molecule has 0 saturated heterocycles. The average Bonchev–Trinajstić information content (AvgIpc) is 2.39. The number of hydrogen-bond donors (Lipinski definition) is 1. The van der Waals surface area contributed by atoms with Crippen LogP contribution in [0, 0.1) is 0 Å². The van der Waals surface area contributed by atoms with E-state index >= 15 is 0 Å². The SMILES string of the molecule is Nc1ccnc(Oc2cccc3cccnc23)n1. The summed E-state index contributed by atoms with van der Waals surface area (Å²) in [5.41, 5.74) is 6.35. The Labute approximate surface area is 103 Å². The highest BCUT2D eigenvalue weighted by Crippen LogP contribution is 2.26. The topological polar surface area (TPSA) is 73.9 Å². The van der Waals surface area contributed by atoms with Crippen molar-refractivity contribution in [1.29, 1.82) is 0 Å². The Balaban J connectivity index is 2.05. The number of para-hydroxylation sites is 1. The maximum absolute atomic E-state index is 5.61. The molecule has 2 N–H and O–H groups in total. The maximum atomic E-state index is 5.61. The van der Waals surface area contributed by atoms with Crippen molar-refractivity contribution in [2.24, 2.45) is 0 Å². The molecular weight excluding hydrogens is 228 g/mol. The van der Waals surface area contributed by atoms with E-state index in [0.29, 0.717) is 11.6 Å². The van der Waals surface area contributed by atoms with Gasteiger partial charge in [0, 0.05) is 17.8 Å². The van der Waals surface area contributed by atoms with Gasteiger partial charge in [-0.2, -0.15) is 4.98 Å². The van der Waals surface area contributed by atoms with Crippen molar-refractivity contribution in [3.8, 4) is 11.8 Å². The molecule has 2 aromatic heterocycles. The van der Waals surface area contributed by atoms with Gasteiger partial charge in [-0.3, -0.25) is 4.98 Å². The van der Waals surface area contributed by atoms with Gasteiger partial charge in [0.15, 0.2) is 5.75 Å². The van der Waals surface area contributed by atoms with E-state index in [-0.39, 0.29) is 6.01 Å². The number of rotatable bonds is 2. The number of hydrogen-bond acceptors (Lipinski definition) is 5. The van der Waals surface area contributed by atoms with Crippen LogP contribution in [0.1, 0.15) is 0 Å². The van der Waals surface area contributed by atoms with Crippen LogP contribution in [0.3, 0.4) is 0 Å². The second-order valence-corrected chi connectivity index (χ2v) is 3.70. The molecule has 18 heavy (non-hydrogen) atoms. The highest BCUT2D eigenvalue weighted by molar-refractivity contribution is 5.84. The highest BCUT2D eigenvalue weighted by Gasteiger charge is 2.05. The summed E-state index contributed by atoms with van der Waals surface area (Å²) in [5, 5.41) is 0.999. The van der Waals surface area contributed by atoms with E-state index in [9.17, 15) is 0 Å². The summed E-state index contributed by atoms with van der Waals surface area (Å²) in [6, 6.07) is 11.4. The fourth-order valence-electron chi connectivity index (χ4n) is 1.66. The van der Waals surface area contributed by atoms with Gasteiger partial charge in [0.05, 0.1) is 0 Å². The van der Waals surface area contributed by atoms with Gasteiger partial charge in [-0.1, -0.05) is 18.2 Å². The molecule has 0 fully saturated rings. The van der Waals surface area contributed by atoms with Gasteiger partial charge < -0.3 is 10.5 Å². The first kappa shape index (κ1) is 10.5. The molecule has 0 radical (unpaired) electrons. The number of fused-ring (bicyclic) bond motifs is 1. The van der Waals surface area contributed by atoms with Gasteiger partial charge in [-0.25, -0.2) is 4.98 Å². The molecule has 2 heterocycles. The molecule has 0 aliphatic carbocycles. The minimum Gasteiger partial charge on any atom is -0.422 e. The third-order valence-corrected chi connectivity index (χ3v) is 2.45. The molecule has 3 rings (SSSR count). The normalized spacial score (nSPS) is 10.4. The predicted octanol–water partition coefficient (Wildman–Crippen LogP) is 2.40. The van der Waals surface area contributed by atoms with Crippen molar-refractivity contribution in [2.45, 2.75) is 0 Å². The number of nitrogens with two attached hydrogens (primary N) is 1. The van der Waals surface area contributed by atoms with Gasteiger partial charge in [0.25, 0.3) is 0 Å². The predicted molar refractivity (Wildman–Crippen MR) is 68.3 cm³/mol. The summed E-state index contributed by atoms with van der Waals surface area (Å²) < 4.78 is 5.61. The molecule has 0 saturated carbocycles. The van der Waals surface area contributed by atoms with E-state index in [1.54, 1.807) is 18.5 Å². The van der Waals surface area contributed by atoms with Crippen LogP contribution >= 0.6 is 0 Å². The molecule has 0 atom stereocenters. The Kier molecular flexibility index (Phi) is 2.49. The number of nitrogens with zero attached hydrogens (tertiary/aromatic N) is 3. The zero-order chi connectivity index (χ0) is 12.4. The van der Waals surface area contributed by atoms with Gasteiger partial charge in [0.2, 0.25) is 0 Å². The third kappa shape index (κ3) is 1.93. The van der Waals surface area contributed by atoms with Crippen LogP contribution in [-0.4, -0.2) is 15.0 Å². The monoisotopic (exact) mass is 238 g/mol. The Morgan fingerprint density at radius 1 is 0.944 bits per heavy atom. The van der Waals surface area contributed by atoms with Crippen molar-refractivity contribution in [2.75, 3.05) is 5.73 Å². The van der Waals surface area contributed by atoms with Gasteiger partial charge in [-0.05, 0) is 18.2 Å². The smallest absolute Gasteiger partial charge is 0.323 e. The highest BCUT2D eigenvalue weighted by atomic mass is 16.5. The zero-order valence-corrected chi connectivity index (χ0v) is 9.45. The van der Waals surface area contributed by atoms with Gasteiger partial charge in [0.1, 0.15) is 11.3 Å². The lowest BCUT2D eigenvalue weighted by molar-refractivity contribution is 0.447. The van der Waals surface area contributed by atoms with Crippen LogP contribution in [0.25, 0.3) is 10.9 Å². The molecule has 5 heteroatoms. The van der Waals surface area contributed by atoms with E-state index in [0.717, 1.165) is 10.9 Å². The summed E-state index contributed by atoms with van der Waals surface area (Å²) in [6.07, 6.45) is 3.27. The Hall–Kier alpha value is -2.69. The summed E-state index contributed by atoms with van der Waals surface area (Å²) in [7, 11) is 0. The van der Waals surface area contributed by atoms with Crippen molar-refractivity contribution in [3.05, 3.63) is 48.8 Å². The molecular formula is C13H10N4O. The van der Waals surface area contributed by atoms with Crippen LogP contribution < -0.4 is 10.5 Å². The second-order valence-electron chi connectivity index (χ2n) is 3.70. The Morgan fingerprint density at radius 3 is 2.72 bits per heavy atom. The Bertz CT molecular complexity index is 694. The van der Waals surface area contributed by atoms with Crippen LogP contribution in [0.4, 0.5) is 5.82 Å². The van der Waals surface area contributed by atoms with Crippen molar-refractivity contribution in [3.63, 3.8) is 0 Å². The molecule has 0 spiro atoms. The summed E-state index contributed by atoms with van der Waals surface area (Å²) in [4.78, 5) is 12.3. The van der Waals surface area contributed by atoms with Crippen molar-refractivity contribution in [1.82, 2.24) is 15.0 Å². The quantitative estimate of drug-likeness (QED) is 0.742. The lowest BCUT2D eigenvalue weighted by Crippen LogP contribution is -1.96. The summed E-state index contributed by atoms with van der Waals surface area (Å²) in [5.74, 6) is 0.979. The van der Waals surface area contributed by atoms with E-state index in [4.69, 9.17) is 10.5 Å². The molecule has 0 aliphatic heterocycles. The Morgan fingerprint density at radius 2 is 1.83 bits per heavy atom. The first-order valence-electron chi connectivity index (χ1n) is 5.43. The number of benzene rings is 1. The van der Waals surface area contributed by atoms with E-state index in [1.165, 1.54) is 0 Å². The molecule has 1 aromatic carbocycles. The van der Waals surface area contributed by atoms with Crippen molar-refractivity contribution < 1.29 is 4.74 Å². The number of anilines is 1. The van der Waals surface area contributed by atoms with Crippen LogP contribution in [0.2, 0.25) is 0 Å². The molecule has 0 amide bonds. The minimum atomic E-state index is 0.216. The van der Waals surface area contributed by atoms with Crippen molar-refractivity contribution >= 4 is 16.7 Å². The summed E-state index contributed by atoms with van der Waals surface area (Å²) in [6.45, 7) is 0. The average molecular weight is 238 g/mol. The van der Waals surface area contributed by atoms with E-state index in [1.807, 2.05) is 30.3 Å². The lowest BCUT2D eigenvalue weighted by Gasteiger charge is -2.06. The first-order chi connectivity index (χ1) is 8.83. The fraction of sp³-hybridized carbons (Fsp3) is 0. The molecule has 0 bridgehead atoms. The van der Waals surface area contributed by atoms with Crippen LogP contribution in [0.5, 0.6) is 11.8 Å². The minimum absolute atomic E-state index is 0.216. The van der Waals surface area contributed by atoms with Gasteiger partial charge in [-0.15, -0.1) is 0 Å². The number of aromatic nitrogens is 3.